The van der Waals surface area contributed by atoms with Gasteiger partial charge in [-0.25, -0.2) is 4.98 Å². The number of rotatable bonds is 5. The summed E-state index contributed by atoms with van der Waals surface area (Å²) in [5, 5.41) is 10.3. The van der Waals surface area contributed by atoms with Crippen molar-refractivity contribution in [3.63, 3.8) is 0 Å². The minimum Gasteiger partial charge on any atom is -0.336 e. The first-order valence-electron chi connectivity index (χ1n) is 9.59. The molecule has 1 aliphatic heterocycles. The van der Waals surface area contributed by atoms with Gasteiger partial charge in [0.2, 0.25) is 0 Å². The summed E-state index contributed by atoms with van der Waals surface area (Å²) in [7, 11) is 0. The van der Waals surface area contributed by atoms with E-state index < -0.39 is 0 Å². The van der Waals surface area contributed by atoms with Crippen molar-refractivity contribution in [3.8, 4) is 6.07 Å². The van der Waals surface area contributed by atoms with Crippen LogP contribution >= 0.6 is 11.8 Å². The number of nitriles is 1. The molecule has 0 bridgehead atoms. The van der Waals surface area contributed by atoms with Crippen molar-refractivity contribution in [2.75, 3.05) is 32.4 Å². The fourth-order valence-electron chi connectivity index (χ4n) is 3.58. The van der Waals surface area contributed by atoms with Gasteiger partial charge in [-0.3, -0.25) is 14.7 Å². The van der Waals surface area contributed by atoms with E-state index in [1.54, 1.807) is 0 Å². The van der Waals surface area contributed by atoms with Crippen molar-refractivity contribution in [1.29, 1.82) is 5.26 Å². The van der Waals surface area contributed by atoms with Gasteiger partial charge in [0.1, 0.15) is 11.1 Å². The van der Waals surface area contributed by atoms with Crippen LogP contribution in [0.15, 0.2) is 35.6 Å². The predicted molar refractivity (Wildman–Crippen MR) is 108 cm³/mol. The summed E-state index contributed by atoms with van der Waals surface area (Å²) in [6.07, 6.45) is 7.76. The van der Waals surface area contributed by atoms with Crippen molar-refractivity contribution >= 4 is 17.7 Å². The molecule has 2 fully saturated rings. The number of amides is 1. The van der Waals surface area contributed by atoms with Crippen LogP contribution < -0.4 is 0 Å². The van der Waals surface area contributed by atoms with Crippen LogP contribution in [0.2, 0.25) is 0 Å². The minimum absolute atomic E-state index is 0.0419. The molecule has 6 nitrogen and oxygen atoms in total. The van der Waals surface area contributed by atoms with E-state index in [1.807, 2.05) is 41.7 Å². The minimum atomic E-state index is -0.0419. The molecule has 0 atom stereocenters. The molecule has 0 spiro atoms. The van der Waals surface area contributed by atoms with Crippen molar-refractivity contribution in [2.24, 2.45) is 0 Å². The fraction of sp³-hybridized carbons (Fsp3) is 0.429. The Morgan fingerprint density at radius 1 is 1.25 bits per heavy atom. The van der Waals surface area contributed by atoms with Gasteiger partial charge in [0.05, 0.1) is 11.1 Å². The highest BCUT2D eigenvalue weighted by atomic mass is 32.2. The van der Waals surface area contributed by atoms with Gasteiger partial charge in [0.25, 0.3) is 5.91 Å². The molecule has 7 heteroatoms. The first-order chi connectivity index (χ1) is 13.7. The lowest BCUT2D eigenvalue weighted by Gasteiger charge is -2.35. The fourth-order valence-corrected chi connectivity index (χ4v) is 4.14. The molecule has 28 heavy (non-hydrogen) atoms. The molecule has 0 unspecified atom stereocenters. The average molecular weight is 394 g/mol. The Labute approximate surface area is 169 Å². The number of hydrogen-bond acceptors (Lipinski definition) is 6. The summed E-state index contributed by atoms with van der Waals surface area (Å²) in [4.78, 5) is 26.1. The van der Waals surface area contributed by atoms with Crippen LogP contribution in [0.3, 0.4) is 0 Å². The SMILES string of the molecule is CSc1nc(C2CC2)cc(C(=O)N2CCN(Cc3ccncc3)CC2)c1C#N. The van der Waals surface area contributed by atoms with E-state index in [0.717, 1.165) is 38.2 Å². The zero-order valence-corrected chi connectivity index (χ0v) is 16.8. The molecule has 0 N–H and O–H groups in total. The Balaban J connectivity index is 1.48. The van der Waals surface area contributed by atoms with Gasteiger partial charge in [0, 0.05) is 56.7 Å². The third kappa shape index (κ3) is 4.03. The molecule has 144 valence electrons. The second-order valence-corrected chi connectivity index (χ2v) is 8.08. The highest BCUT2D eigenvalue weighted by Crippen LogP contribution is 2.40. The predicted octanol–water partition coefficient (Wildman–Crippen LogP) is 2.91. The topological polar surface area (TPSA) is 73.1 Å². The largest absolute Gasteiger partial charge is 0.336 e. The van der Waals surface area contributed by atoms with Crippen LogP contribution in [0.25, 0.3) is 0 Å². The van der Waals surface area contributed by atoms with E-state index >= 15 is 0 Å². The van der Waals surface area contributed by atoms with Gasteiger partial charge in [-0.05, 0) is 42.9 Å². The summed E-state index contributed by atoms with van der Waals surface area (Å²) < 4.78 is 0. The standard InChI is InChI=1S/C21H23N5OS/c1-28-20-18(13-22)17(12-19(24-20)16-2-3-16)21(27)26-10-8-25(9-11-26)14-15-4-6-23-7-5-15/h4-7,12,16H,2-3,8-11,14H2,1H3. The van der Waals surface area contributed by atoms with Crippen LogP contribution in [-0.4, -0.2) is 58.1 Å². The number of pyridine rings is 2. The molecule has 0 radical (unpaired) electrons. The lowest BCUT2D eigenvalue weighted by atomic mass is 10.1. The third-order valence-corrected chi connectivity index (χ3v) is 6.03. The summed E-state index contributed by atoms with van der Waals surface area (Å²) >= 11 is 1.44. The summed E-state index contributed by atoms with van der Waals surface area (Å²) in [5.41, 5.74) is 3.13. The molecule has 1 saturated heterocycles. The summed E-state index contributed by atoms with van der Waals surface area (Å²) in [5.74, 6) is 0.405. The summed E-state index contributed by atoms with van der Waals surface area (Å²) in [6, 6.07) is 8.13. The van der Waals surface area contributed by atoms with Crippen LogP contribution in [0.5, 0.6) is 0 Å². The molecule has 0 aromatic carbocycles. The highest BCUT2D eigenvalue weighted by Gasteiger charge is 2.30. The van der Waals surface area contributed by atoms with Crippen LogP contribution in [0, 0.1) is 11.3 Å². The van der Waals surface area contributed by atoms with Gasteiger partial charge in [-0.2, -0.15) is 5.26 Å². The number of thioether (sulfide) groups is 1. The van der Waals surface area contributed by atoms with Gasteiger partial charge in [0.15, 0.2) is 0 Å². The summed E-state index contributed by atoms with van der Waals surface area (Å²) in [6.45, 7) is 3.86. The Morgan fingerprint density at radius 3 is 2.57 bits per heavy atom. The van der Waals surface area contributed by atoms with Gasteiger partial charge in [-0.15, -0.1) is 11.8 Å². The lowest BCUT2D eigenvalue weighted by Crippen LogP contribution is -2.48. The second-order valence-electron chi connectivity index (χ2n) is 7.29. The van der Waals surface area contributed by atoms with E-state index in [1.165, 1.54) is 17.3 Å². The molecule has 1 saturated carbocycles. The monoisotopic (exact) mass is 393 g/mol. The Morgan fingerprint density at radius 2 is 1.96 bits per heavy atom. The van der Waals surface area contributed by atoms with E-state index in [4.69, 9.17) is 0 Å². The van der Waals surface area contributed by atoms with E-state index in [2.05, 4.69) is 20.9 Å². The number of hydrogen-bond donors (Lipinski definition) is 0. The van der Waals surface area contributed by atoms with Gasteiger partial charge < -0.3 is 4.90 Å². The van der Waals surface area contributed by atoms with Crippen molar-refractivity contribution < 1.29 is 4.79 Å². The zero-order valence-electron chi connectivity index (χ0n) is 16.0. The smallest absolute Gasteiger partial charge is 0.255 e. The first kappa shape index (κ1) is 18.9. The molecule has 2 aromatic rings. The van der Waals surface area contributed by atoms with E-state index in [9.17, 15) is 10.1 Å². The maximum atomic E-state index is 13.2. The number of carbonyl (C=O) groups excluding carboxylic acids is 1. The third-order valence-electron chi connectivity index (χ3n) is 5.35. The molecule has 2 aliphatic rings. The highest BCUT2D eigenvalue weighted by molar-refractivity contribution is 7.98. The maximum Gasteiger partial charge on any atom is 0.255 e. The van der Waals surface area contributed by atoms with Gasteiger partial charge in [-0.1, -0.05) is 0 Å². The van der Waals surface area contributed by atoms with Gasteiger partial charge >= 0.3 is 0 Å². The molecule has 4 rings (SSSR count). The molecule has 2 aromatic heterocycles. The van der Waals surface area contributed by atoms with Crippen LogP contribution in [0.1, 0.15) is 45.9 Å². The Kier molecular flexibility index (Phi) is 5.60. The van der Waals surface area contributed by atoms with Crippen molar-refractivity contribution in [3.05, 3.63) is 53.0 Å². The van der Waals surface area contributed by atoms with Crippen LogP contribution in [0.4, 0.5) is 0 Å². The second kappa shape index (κ2) is 8.29. The molecular weight excluding hydrogens is 370 g/mol. The number of aromatic nitrogens is 2. The quantitative estimate of drug-likeness (QED) is 0.728. The van der Waals surface area contributed by atoms with Crippen molar-refractivity contribution in [1.82, 2.24) is 19.8 Å². The van der Waals surface area contributed by atoms with Crippen LogP contribution in [-0.2, 0) is 6.54 Å². The zero-order chi connectivity index (χ0) is 19.5. The Hall–Kier alpha value is -2.43. The maximum absolute atomic E-state index is 13.2. The van der Waals surface area contributed by atoms with E-state index in [0.29, 0.717) is 35.2 Å². The lowest BCUT2D eigenvalue weighted by molar-refractivity contribution is 0.0627. The molecule has 1 aliphatic carbocycles. The first-order valence-corrected chi connectivity index (χ1v) is 10.8. The molecular formula is C21H23N5OS. The molecule has 1 amide bonds. The molecule has 3 heterocycles. The van der Waals surface area contributed by atoms with E-state index in [-0.39, 0.29) is 5.91 Å². The number of piperazine rings is 1. The number of carbonyl (C=O) groups is 1. The number of nitrogens with zero attached hydrogens (tertiary/aromatic N) is 5. The Bertz CT molecular complexity index is 899. The normalized spacial score (nSPS) is 17.4. The average Bonchev–Trinajstić information content (AvgIpc) is 3.59. The van der Waals surface area contributed by atoms with Crippen molar-refractivity contribution in [2.45, 2.75) is 30.3 Å².